The van der Waals surface area contributed by atoms with Gasteiger partial charge in [-0.1, -0.05) is 49.1 Å². The predicted molar refractivity (Wildman–Crippen MR) is 108 cm³/mol. The fourth-order valence-corrected chi connectivity index (χ4v) is 2.52. The van der Waals surface area contributed by atoms with Crippen molar-refractivity contribution in [3.05, 3.63) is 78.1 Å². The van der Waals surface area contributed by atoms with Gasteiger partial charge >= 0.3 is 0 Å². The Hall–Kier alpha value is -2.52. The van der Waals surface area contributed by atoms with Gasteiger partial charge in [-0.05, 0) is 62.6 Å². The maximum absolute atomic E-state index is 6.17. The smallest absolute Gasteiger partial charge is 0.196 e. The van der Waals surface area contributed by atoms with Gasteiger partial charge in [0.2, 0.25) is 0 Å². The fraction of sp³-hybridized carbons (Fsp3) is 0.304. The molecule has 3 nitrogen and oxygen atoms in total. The molecule has 2 aromatic rings. The topological polar surface area (TPSA) is 27.7 Å². The third kappa shape index (κ3) is 5.78. The molecule has 1 unspecified atom stereocenters. The van der Waals surface area contributed by atoms with Crippen LogP contribution in [0.5, 0.6) is 5.75 Å². The summed E-state index contributed by atoms with van der Waals surface area (Å²) in [5, 5.41) is 0. The zero-order valence-electron chi connectivity index (χ0n) is 16.1. The summed E-state index contributed by atoms with van der Waals surface area (Å²) in [5.41, 5.74) is 2.81. The molecule has 0 radical (unpaired) electrons. The molecule has 0 aliphatic heterocycles. The Morgan fingerprint density at radius 2 is 1.62 bits per heavy atom. The molecule has 2 rings (SSSR count). The summed E-state index contributed by atoms with van der Waals surface area (Å²) in [6, 6.07) is 16.2. The van der Waals surface area contributed by atoms with Crippen molar-refractivity contribution in [3.63, 3.8) is 0 Å². The molecular weight excluding hydrogens is 324 g/mol. The molecule has 0 spiro atoms. The third-order valence-electron chi connectivity index (χ3n) is 4.03. The number of ether oxygens (including phenoxy) is 3. The van der Waals surface area contributed by atoms with Gasteiger partial charge in [-0.15, -0.1) is 0 Å². The lowest BCUT2D eigenvalue weighted by molar-refractivity contribution is -0.0874. The standard InChI is InChI=1S/C23H28O3/c1-6-19-10-14-22(15-11-19)26-23(4,5)21-12-8-20(9-13-21)16-17-25-18(3)24-7-2/h6,8-18H,1,7H2,2-5H3. The monoisotopic (exact) mass is 352 g/mol. The molecule has 0 saturated carbocycles. The van der Waals surface area contributed by atoms with Crippen molar-refractivity contribution in [3.8, 4) is 5.75 Å². The lowest BCUT2D eigenvalue weighted by Crippen LogP contribution is -2.25. The Morgan fingerprint density at radius 3 is 2.19 bits per heavy atom. The predicted octanol–water partition coefficient (Wildman–Crippen LogP) is 6.01. The van der Waals surface area contributed by atoms with Crippen LogP contribution in [0.15, 0.2) is 61.4 Å². The Balaban J connectivity index is 2.00. The summed E-state index contributed by atoms with van der Waals surface area (Å²) in [6.07, 6.45) is 5.16. The van der Waals surface area contributed by atoms with Crippen LogP contribution in [0.4, 0.5) is 0 Å². The quantitative estimate of drug-likeness (QED) is 0.408. The van der Waals surface area contributed by atoms with Crippen LogP contribution in [0.3, 0.4) is 0 Å². The van der Waals surface area contributed by atoms with E-state index in [1.807, 2.05) is 62.4 Å². The molecule has 0 fully saturated rings. The number of hydrogen-bond donors (Lipinski definition) is 0. The normalized spacial score (nSPS) is 12.8. The minimum absolute atomic E-state index is 0.240. The second-order valence-corrected chi connectivity index (χ2v) is 6.47. The van der Waals surface area contributed by atoms with Crippen LogP contribution in [-0.4, -0.2) is 12.9 Å². The molecule has 0 aromatic heterocycles. The zero-order chi connectivity index (χ0) is 19.0. The van der Waals surface area contributed by atoms with Gasteiger partial charge in [0.25, 0.3) is 0 Å². The molecule has 138 valence electrons. The highest BCUT2D eigenvalue weighted by Gasteiger charge is 2.22. The van der Waals surface area contributed by atoms with E-state index < -0.39 is 5.60 Å². The summed E-state index contributed by atoms with van der Waals surface area (Å²) in [7, 11) is 0. The number of hydrogen-bond acceptors (Lipinski definition) is 3. The fourth-order valence-electron chi connectivity index (χ4n) is 2.52. The summed E-state index contributed by atoms with van der Waals surface area (Å²) >= 11 is 0. The molecule has 0 N–H and O–H groups in total. The molecule has 0 bridgehead atoms. The Bertz CT molecular complexity index is 712. The van der Waals surface area contributed by atoms with E-state index >= 15 is 0 Å². The molecule has 0 aliphatic rings. The van der Waals surface area contributed by atoms with Gasteiger partial charge in [-0.3, -0.25) is 0 Å². The lowest BCUT2D eigenvalue weighted by Gasteiger charge is -2.27. The maximum atomic E-state index is 6.17. The van der Waals surface area contributed by atoms with Crippen molar-refractivity contribution in [2.45, 2.75) is 39.6 Å². The van der Waals surface area contributed by atoms with Crippen molar-refractivity contribution < 1.29 is 14.2 Å². The van der Waals surface area contributed by atoms with Gasteiger partial charge in [-0.2, -0.15) is 0 Å². The highest BCUT2D eigenvalue weighted by molar-refractivity contribution is 5.50. The maximum Gasteiger partial charge on any atom is 0.196 e. The van der Waals surface area contributed by atoms with Gasteiger partial charge in [0.05, 0.1) is 6.26 Å². The number of rotatable bonds is 9. The largest absolute Gasteiger partial charge is 0.483 e. The van der Waals surface area contributed by atoms with Gasteiger partial charge in [0, 0.05) is 6.61 Å². The van der Waals surface area contributed by atoms with Gasteiger partial charge in [-0.25, -0.2) is 0 Å². The molecule has 26 heavy (non-hydrogen) atoms. The minimum atomic E-state index is -0.433. The third-order valence-corrected chi connectivity index (χ3v) is 4.03. The average Bonchev–Trinajstić information content (AvgIpc) is 2.63. The second kappa shape index (κ2) is 9.25. The summed E-state index contributed by atoms with van der Waals surface area (Å²) in [5.74, 6) is 0.836. The zero-order valence-corrected chi connectivity index (χ0v) is 16.1. The summed E-state index contributed by atoms with van der Waals surface area (Å²) in [4.78, 5) is 0. The van der Waals surface area contributed by atoms with Crippen LogP contribution in [0, 0.1) is 0 Å². The van der Waals surface area contributed by atoms with E-state index in [0.717, 1.165) is 22.4 Å². The van der Waals surface area contributed by atoms with Crippen LogP contribution in [0.25, 0.3) is 12.2 Å². The SMILES string of the molecule is C=Cc1ccc(OC(C)(C)c2ccc(C=COC(C)OCC)cc2)cc1. The minimum Gasteiger partial charge on any atom is -0.483 e. The molecule has 0 heterocycles. The van der Waals surface area contributed by atoms with Crippen molar-refractivity contribution >= 4 is 12.2 Å². The molecular formula is C23H28O3. The van der Waals surface area contributed by atoms with Crippen LogP contribution in [-0.2, 0) is 15.1 Å². The van der Waals surface area contributed by atoms with Crippen molar-refractivity contribution in [2.24, 2.45) is 0 Å². The van der Waals surface area contributed by atoms with Crippen molar-refractivity contribution in [2.75, 3.05) is 6.61 Å². The van der Waals surface area contributed by atoms with E-state index in [1.54, 1.807) is 6.26 Å². The number of benzene rings is 2. The first kappa shape index (κ1) is 19.8. The first-order valence-electron chi connectivity index (χ1n) is 8.90. The Morgan fingerprint density at radius 1 is 1.00 bits per heavy atom. The molecule has 3 heteroatoms. The van der Waals surface area contributed by atoms with E-state index in [0.29, 0.717) is 6.61 Å². The van der Waals surface area contributed by atoms with E-state index in [1.165, 1.54) is 0 Å². The highest BCUT2D eigenvalue weighted by Crippen LogP contribution is 2.28. The van der Waals surface area contributed by atoms with E-state index in [-0.39, 0.29) is 6.29 Å². The Labute approximate surface area is 156 Å². The van der Waals surface area contributed by atoms with E-state index in [2.05, 4.69) is 32.6 Å². The first-order valence-corrected chi connectivity index (χ1v) is 8.90. The van der Waals surface area contributed by atoms with Crippen molar-refractivity contribution in [1.82, 2.24) is 0 Å². The second-order valence-electron chi connectivity index (χ2n) is 6.47. The van der Waals surface area contributed by atoms with E-state index in [4.69, 9.17) is 14.2 Å². The van der Waals surface area contributed by atoms with Gasteiger partial charge < -0.3 is 14.2 Å². The Kier molecular flexibility index (Phi) is 7.05. The van der Waals surface area contributed by atoms with Crippen molar-refractivity contribution in [1.29, 1.82) is 0 Å². The lowest BCUT2D eigenvalue weighted by atomic mass is 9.96. The van der Waals surface area contributed by atoms with Crippen LogP contribution < -0.4 is 4.74 Å². The van der Waals surface area contributed by atoms with Crippen LogP contribution in [0.1, 0.15) is 44.4 Å². The van der Waals surface area contributed by atoms with E-state index in [9.17, 15) is 0 Å². The first-order chi connectivity index (χ1) is 12.4. The summed E-state index contributed by atoms with van der Waals surface area (Å²) in [6.45, 7) is 12.3. The molecule has 1 atom stereocenters. The highest BCUT2D eigenvalue weighted by atomic mass is 16.7. The molecule has 0 amide bonds. The van der Waals surface area contributed by atoms with Crippen LogP contribution in [0.2, 0.25) is 0 Å². The summed E-state index contributed by atoms with van der Waals surface area (Å²) < 4.78 is 16.9. The molecule has 0 aliphatic carbocycles. The molecule has 2 aromatic carbocycles. The van der Waals surface area contributed by atoms with Gasteiger partial charge in [0.1, 0.15) is 11.4 Å². The molecule has 0 saturated heterocycles. The average molecular weight is 352 g/mol. The van der Waals surface area contributed by atoms with Gasteiger partial charge in [0.15, 0.2) is 6.29 Å². The van der Waals surface area contributed by atoms with Crippen LogP contribution >= 0.6 is 0 Å².